The SMILES string of the molecule is COc1ccc2cc(-c3nc4cc(C(=O)N5CC6CC[C@H]6C5N)cc5c4n3CCC5(C)O)n(CC3CC3)c2c1. The van der Waals surface area contributed by atoms with Gasteiger partial charge in [-0.2, -0.15) is 0 Å². The highest BCUT2D eigenvalue weighted by Gasteiger charge is 2.47. The fourth-order valence-electron chi connectivity index (χ4n) is 7.24. The molecule has 4 aromatic rings. The molecule has 0 spiro atoms. The minimum Gasteiger partial charge on any atom is -0.497 e. The van der Waals surface area contributed by atoms with Crippen molar-refractivity contribution in [2.24, 2.45) is 23.5 Å². The van der Waals surface area contributed by atoms with Crippen LogP contribution in [0.5, 0.6) is 5.75 Å². The second kappa shape index (κ2) is 8.08. The molecule has 2 aliphatic heterocycles. The molecule has 4 atom stereocenters. The maximum atomic E-state index is 13.8. The Kier molecular flexibility index (Phi) is 4.87. The lowest BCUT2D eigenvalue weighted by Gasteiger charge is -2.32. The molecule has 1 saturated heterocycles. The van der Waals surface area contributed by atoms with Gasteiger partial charge in [0, 0.05) is 42.2 Å². The summed E-state index contributed by atoms with van der Waals surface area (Å²) >= 11 is 0. The zero-order valence-electron chi connectivity index (χ0n) is 22.6. The second-order valence-corrected chi connectivity index (χ2v) is 12.5. The zero-order chi connectivity index (χ0) is 26.6. The number of nitrogens with two attached hydrogens (primary N) is 1. The van der Waals surface area contributed by atoms with Crippen molar-refractivity contribution in [3.05, 3.63) is 47.5 Å². The molecule has 0 bridgehead atoms. The first-order valence-electron chi connectivity index (χ1n) is 14.3. The van der Waals surface area contributed by atoms with Gasteiger partial charge in [-0.15, -0.1) is 0 Å². The highest BCUT2D eigenvalue weighted by atomic mass is 16.5. The number of fused-ring (bicyclic) bond motifs is 2. The van der Waals surface area contributed by atoms with Gasteiger partial charge in [0.1, 0.15) is 5.75 Å². The molecule has 4 aliphatic rings. The van der Waals surface area contributed by atoms with E-state index in [9.17, 15) is 9.90 Å². The minimum atomic E-state index is -1.04. The number of rotatable bonds is 5. The molecule has 1 amide bonds. The number of amides is 1. The molecule has 4 heterocycles. The van der Waals surface area contributed by atoms with Crippen molar-refractivity contribution in [2.45, 2.75) is 63.9 Å². The standard InChI is InChI=1S/C31H35N5O3/c1-31(38)9-10-34-27-23(31)11-20(30(37)36-16-19-6-8-22(19)28(36)32)12-24(27)33-29(34)26-13-18-5-7-21(39-2)14-25(18)35(26)15-17-3-4-17/h5,7,11-14,17,19,22,28,38H,3-4,6,8-10,15-16,32H2,1-2H3/t19?,22-,28?,31?/m1/s1. The van der Waals surface area contributed by atoms with Gasteiger partial charge in [-0.1, -0.05) is 0 Å². The Morgan fingerprint density at radius 2 is 2.03 bits per heavy atom. The quantitative estimate of drug-likeness (QED) is 0.401. The summed E-state index contributed by atoms with van der Waals surface area (Å²) in [6.45, 7) is 4.18. The van der Waals surface area contributed by atoms with Gasteiger partial charge >= 0.3 is 0 Å². The van der Waals surface area contributed by atoms with Crippen LogP contribution in [0.25, 0.3) is 33.5 Å². The monoisotopic (exact) mass is 525 g/mol. The Morgan fingerprint density at radius 3 is 2.72 bits per heavy atom. The molecule has 2 aliphatic carbocycles. The first-order valence-corrected chi connectivity index (χ1v) is 14.3. The molecular formula is C31H35N5O3. The summed E-state index contributed by atoms with van der Waals surface area (Å²) in [7, 11) is 1.70. The van der Waals surface area contributed by atoms with E-state index in [-0.39, 0.29) is 12.1 Å². The lowest BCUT2D eigenvalue weighted by Crippen LogP contribution is -2.44. The number of carbonyl (C=O) groups is 1. The summed E-state index contributed by atoms with van der Waals surface area (Å²) in [6.07, 6.45) is 5.07. The number of hydrogen-bond acceptors (Lipinski definition) is 5. The minimum absolute atomic E-state index is 0.0533. The summed E-state index contributed by atoms with van der Waals surface area (Å²) in [5.74, 6) is 3.29. The van der Waals surface area contributed by atoms with E-state index >= 15 is 0 Å². The van der Waals surface area contributed by atoms with Crippen LogP contribution in [0.3, 0.4) is 0 Å². The zero-order valence-corrected chi connectivity index (χ0v) is 22.6. The molecule has 8 rings (SSSR count). The number of likely N-dealkylation sites (tertiary alicyclic amines) is 1. The van der Waals surface area contributed by atoms with Crippen molar-refractivity contribution >= 4 is 27.8 Å². The van der Waals surface area contributed by atoms with E-state index in [0.717, 1.165) is 70.7 Å². The number of aryl methyl sites for hydroxylation is 1. The Balaban J connectivity index is 1.30. The number of imidazole rings is 1. The number of benzene rings is 2. The van der Waals surface area contributed by atoms with Gasteiger partial charge in [0.05, 0.1) is 41.1 Å². The van der Waals surface area contributed by atoms with E-state index in [1.165, 1.54) is 12.8 Å². The topological polar surface area (TPSA) is 98.5 Å². The Bertz CT molecular complexity index is 1660. The van der Waals surface area contributed by atoms with E-state index in [4.69, 9.17) is 15.5 Å². The second-order valence-electron chi connectivity index (χ2n) is 12.5. The summed E-state index contributed by atoms with van der Waals surface area (Å²) in [4.78, 5) is 20.8. The van der Waals surface area contributed by atoms with Gasteiger partial charge in [0.15, 0.2) is 5.82 Å². The summed E-state index contributed by atoms with van der Waals surface area (Å²) in [6, 6.07) is 12.2. The van der Waals surface area contributed by atoms with E-state index < -0.39 is 5.60 Å². The number of nitrogens with zero attached hydrogens (tertiary/aromatic N) is 4. The third kappa shape index (κ3) is 3.44. The Labute approximate surface area is 227 Å². The lowest BCUT2D eigenvalue weighted by molar-refractivity contribution is 0.0398. The van der Waals surface area contributed by atoms with Crippen molar-refractivity contribution in [1.82, 2.24) is 19.0 Å². The number of carbonyl (C=O) groups excluding carboxylic acids is 1. The third-order valence-electron chi connectivity index (χ3n) is 9.94. The van der Waals surface area contributed by atoms with Crippen molar-refractivity contribution in [3.8, 4) is 17.3 Å². The number of ether oxygens (including phenoxy) is 1. The third-order valence-corrected chi connectivity index (χ3v) is 9.94. The highest BCUT2D eigenvalue weighted by molar-refractivity contribution is 6.00. The van der Waals surface area contributed by atoms with Crippen molar-refractivity contribution in [2.75, 3.05) is 13.7 Å². The van der Waals surface area contributed by atoms with Gasteiger partial charge in [-0.05, 0) is 87.1 Å². The number of hydrogen-bond donors (Lipinski definition) is 2. The molecule has 3 unspecified atom stereocenters. The fraction of sp³-hybridized carbons (Fsp3) is 0.484. The molecule has 8 heteroatoms. The van der Waals surface area contributed by atoms with Gasteiger partial charge < -0.3 is 29.6 Å². The largest absolute Gasteiger partial charge is 0.497 e. The van der Waals surface area contributed by atoms with Gasteiger partial charge in [-0.3, -0.25) is 4.79 Å². The predicted octanol–water partition coefficient (Wildman–Crippen LogP) is 4.45. The maximum Gasteiger partial charge on any atom is 0.255 e. The van der Waals surface area contributed by atoms with Crippen LogP contribution in [0.4, 0.5) is 0 Å². The van der Waals surface area contributed by atoms with Gasteiger partial charge in [0.2, 0.25) is 0 Å². The highest BCUT2D eigenvalue weighted by Crippen LogP contribution is 2.45. The average Bonchev–Trinajstić information content (AvgIpc) is 3.49. The molecule has 2 saturated carbocycles. The predicted molar refractivity (Wildman–Crippen MR) is 149 cm³/mol. The van der Waals surface area contributed by atoms with Gasteiger partial charge in [0.25, 0.3) is 5.91 Å². The van der Waals surface area contributed by atoms with Crippen molar-refractivity contribution in [3.63, 3.8) is 0 Å². The average molecular weight is 526 g/mol. The van der Waals surface area contributed by atoms with Crippen LogP contribution in [0.2, 0.25) is 0 Å². The molecule has 3 fully saturated rings. The molecule has 0 radical (unpaired) electrons. The van der Waals surface area contributed by atoms with Crippen LogP contribution in [0, 0.1) is 17.8 Å². The maximum absolute atomic E-state index is 13.8. The van der Waals surface area contributed by atoms with E-state index in [1.54, 1.807) is 7.11 Å². The van der Waals surface area contributed by atoms with E-state index in [2.05, 4.69) is 27.3 Å². The number of aromatic nitrogens is 3. The summed E-state index contributed by atoms with van der Waals surface area (Å²) in [5.41, 5.74) is 10.7. The van der Waals surface area contributed by atoms with Crippen molar-refractivity contribution in [1.29, 1.82) is 0 Å². The van der Waals surface area contributed by atoms with Crippen LogP contribution < -0.4 is 10.5 Å². The van der Waals surface area contributed by atoms with E-state index in [1.807, 2.05) is 30.0 Å². The number of aliphatic hydroxyl groups is 1. The molecule has 39 heavy (non-hydrogen) atoms. The van der Waals surface area contributed by atoms with Crippen LogP contribution >= 0.6 is 0 Å². The first-order chi connectivity index (χ1) is 18.8. The smallest absolute Gasteiger partial charge is 0.255 e. The molecule has 2 aromatic heterocycles. The first kappa shape index (κ1) is 23.5. The van der Waals surface area contributed by atoms with Crippen LogP contribution in [0.15, 0.2) is 36.4 Å². The Hall–Kier alpha value is -3.36. The molecule has 3 N–H and O–H groups in total. The van der Waals surface area contributed by atoms with Crippen molar-refractivity contribution < 1.29 is 14.6 Å². The fourth-order valence-corrected chi connectivity index (χ4v) is 7.24. The van der Waals surface area contributed by atoms with E-state index in [0.29, 0.717) is 36.3 Å². The molecule has 8 nitrogen and oxygen atoms in total. The van der Waals surface area contributed by atoms with Gasteiger partial charge in [-0.25, -0.2) is 4.98 Å². The molecular weight excluding hydrogens is 490 g/mol. The molecule has 202 valence electrons. The Morgan fingerprint density at radius 1 is 1.18 bits per heavy atom. The van der Waals surface area contributed by atoms with Crippen LogP contribution in [-0.4, -0.2) is 49.9 Å². The lowest BCUT2D eigenvalue weighted by atomic mass is 9.75. The summed E-state index contributed by atoms with van der Waals surface area (Å²) in [5, 5.41) is 12.6. The number of methoxy groups -OCH3 is 1. The molecule has 2 aromatic carbocycles. The summed E-state index contributed by atoms with van der Waals surface area (Å²) < 4.78 is 10.2. The normalized spacial score (nSPS) is 27.7. The van der Waals surface area contributed by atoms with Crippen LogP contribution in [0.1, 0.15) is 54.9 Å². The van der Waals surface area contributed by atoms with Crippen LogP contribution in [-0.2, 0) is 18.7 Å².